The van der Waals surface area contributed by atoms with Crippen molar-refractivity contribution >= 4 is 30.1 Å². The topological polar surface area (TPSA) is 55.1 Å². The predicted molar refractivity (Wildman–Crippen MR) is 73.5 cm³/mol. The summed E-state index contributed by atoms with van der Waals surface area (Å²) in [6, 6.07) is 4.04. The molecule has 0 saturated carbocycles. The second kappa shape index (κ2) is 6.41. The van der Waals surface area contributed by atoms with Crippen molar-refractivity contribution in [3.8, 4) is 0 Å². The molecule has 6 heteroatoms. The molecule has 1 aromatic rings. The SMILES string of the molecule is C[C@@H](N)C(=O)NC1CCSc2ccc(F)cc21.Cl. The van der Waals surface area contributed by atoms with E-state index in [2.05, 4.69) is 5.32 Å². The minimum Gasteiger partial charge on any atom is -0.348 e. The summed E-state index contributed by atoms with van der Waals surface area (Å²) in [7, 11) is 0. The van der Waals surface area contributed by atoms with Crippen molar-refractivity contribution in [2.75, 3.05) is 5.75 Å². The molecule has 18 heavy (non-hydrogen) atoms. The summed E-state index contributed by atoms with van der Waals surface area (Å²) in [5.74, 6) is 0.450. The van der Waals surface area contributed by atoms with Gasteiger partial charge in [0, 0.05) is 10.6 Å². The fourth-order valence-corrected chi connectivity index (χ4v) is 2.92. The van der Waals surface area contributed by atoms with Crippen LogP contribution in [-0.2, 0) is 4.79 Å². The molecule has 0 aromatic heterocycles. The van der Waals surface area contributed by atoms with Crippen LogP contribution in [0.25, 0.3) is 0 Å². The molecule has 100 valence electrons. The van der Waals surface area contributed by atoms with E-state index in [-0.39, 0.29) is 30.2 Å². The lowest BCUT2D eigenvalue weighted by Gasteiger charge is -2.26. The summed E-state index contributed by atoms with van der Waals surface area (Å²) < 4.78 is 13.2. The monoisotopic (exact) mass is 290 g/mol. The average molecular weight is 291 g/mol. The zero-order valence-corrected chi connectivity index (χ0v) is 11.6. The summed E-state index contributed by atoms with van der Waals surface area (Å²) in [6.45, 7) is 1.64. The van der Waals surface area contributed by atoms with Crippen molar-refractivity contribution in [1.82, 2.24) is 5.32 Å². The number of hydrogen-bond acceptors (Lipinski definition) is 3. The first-order valence-electron chi connectivity index (χ1n) is 5.56. The molecule has 0 fully saturated rings. The van der Waals surface area contributed by atoms with Crippen molar-refractivity contribution in [3.63, 3.8) is 0 Å². The van der Waals surface area contributed by atoms with E-state index in [0.29, 0.717) is 0 Å². The molecule has 2 atom stereocenters. The number of amides is 1. The lowest BCUT2D eigenvalue weighted by Crippen LogP contribution is -2.41. The number of nitrogens with two attached hydrogens (primary N) is 1. The van der Waals surface area contributed by atoms with Crippen LogP contribution in [0.5, 0.6) is 0 Å². The van der Waals surface area contributed by atoms with Crippen molar-refractivity contribution in [1.29, 1.82) is 0 Å². The smallest absolute Gasteiger partial charge is 0.237 e. The largest absolute Gasteiger partial charge is 0.348 e. The normalized spacial score (nSPS) is 19.4. The number of nitrogens with one attached hydrogen (secondary N) is 1. The van der Waals surface area contributed by atoms with Gasteiger partial charge in [0.1, 0.15) is 5.82 Å². The number of benzene rings is 1. The Balaban J connectivity index is 0.00000162. The molecule has 0 radical (unpaired) electrons. The van der Waals surface area contributed by atoms with Gasteiger partial charge >= 0.3 is 0 Å². The van der Waals surface area contributed by atoms with E-state index in [0.717, 1.165) is 22.6 Å². The summed E-state index contributed by atoms with van der Waals surface area (Å²) in [6.07, 6.45) is 0.805. The molecule has 1 heterocycles. The van der Waals surface area contributed by atoms with Crippen molar-refractivity contribution < 1.29 is 9.18 Å². The zero-order valence-electron chi connectivity index (χ0n) is 9.98. The molecule has 1 aromatic carbocycles. The van der Waals surface area contributed by atoms with Crippen LogP contribution in [0, 0.1) is 5.82 Å². The molecular formula is C12H16ClFN2OS. The van der Waals surface area contributed by atoms with Gasteiger partial charge in [0.15, 0.2) is 0 Å². The number of fused-ring (bicyclic) bond motifs is 1. The first-order valence-corrected chi connectivity index (χ1v) is 6.54. The van der Waals surface area contributed by atoms with Gasteiger partial charge in [-0.05, 0) is 37.1 Å². The third kappa shape index (κ3) is 3.37. The van der Waals surface area contributed by atoms with Crippen LogP contribution < -0.4 is 11.1 Å². The van der Waals surface area contributed by atoms with E-state index in [1.54, 1.807) is 24.8 Å². The van der Waals surface area contributed by atoms with Crippen LogP contribution in [0.2, 0.25) is 0 Å². The highest BCUT2D eigenvalue weighted by molar-refractivity contribution is 7.99. The Morgan fingerprint density at radius 2 is 2.33 bits per heavy atom. The van der Waals surface area contributed by atoms with E-state index in [9.17, 15) is 9.18 Å². The van der Waals surface area contributed by atoms with Crippen molar-refractivity contribution in [2.45, 2.75) is 30.3 Å². The van der Waals surface area contributed by atoms with E-state index in [1.165, 1.54) is 12.1 Å². The summed E-state index contributed by atoms with van der Waals surface area (Å²) in [4.78, 5) is 12.6. The minimum absolute atomic E-state index is 0. The zero-order chi connectivity index (χ0) is 12.4. The Morgan fingerprint density at radius 1 is 1.61 bits per heavy atom. The van der Waals surface area contributed by atoms with E-state index < -0.39 is 6.04 Å². The third-order valence-electron chi connectivity index (χ3n) is 2.74. The number of halogens is 2. The van der Waals surface area contributed by atoms with Crippen molar-refractivity contribution in [3.05, 3.63) is 29.6 Å². The molecule has 0 spiro atoms. The Labute approximate surface area is 116 Å². The highest BCUT2D eigenvalue weighted by Crippen LogP contribution is 2.36. The summed E-state index contributed by atoms with van der Waals surface area (Å²) >= 11 is 1.69. The van der Waals surface area contributed by atoms with Crippen LogP contribution >= 0.6 is 24.2 Å². The molecule has 3 N–H and O–H groups in total. The Hall–Kier alpha value is -0.780. The fourth-order valence-electron chi connectivity index (χ4n) is 1.82. The summed E-state index contributed by atoms with van der Waals surface area (Å²) in [5, 5.41) is 2.86. The minimum atomic E-state index is -0.540. The van der Waals surface area contributed by atoms with Gasteiger partial charge in [0.25, 0.3) is 0 Å². The lowest BCUT2D eigenvalue weighted by molar-refractivity contribution is -0.122. The van der Waals surface area contributed by atoms with Gasteiger partial charge in [0.05, 0.1) is 12.1 Å². The lowest BCUT2D eigenvalue weighted by atomic mass is 10.0. The van der Waals surface area contributed by atoms with Gasteiger partial charge in [0.2, 0.25) is 5.91 Å². The third-order valence-corrected chi connectivity index (χ3v) is 3.86. The number of carbonyl (C=O) groups excluding carboxylic acids is 1. The highest BCUT2D eigenvalue weighted by atomic mass is 35.5. The standard InChI is InChI=1S/C12H15FN2OS.ClH/c1-7(14)12(16)15-10-4-5-17-11-3-2-8(13)6-9(10)11;/h2-3,6-7,10H,4-5,14H2,1H3,(H,15,16);1H/t7-,10?;/m1./s1. The molecule has 0 saturated heterocycles. The van der Waals surface area contributed by atoms with Crippen LogP contribution in [0.1, 0.15) is 24.9 Å². The van der Waals surface area contributed by atoms with Crippen LogP contribution in [0.4, 0.5) is 4.39 Å². The first-order chi connectivity index (χ1) is 8.08. The predicted octanol–water partition coefficient (Wildman–Crippen LogP) is 2.25. The van der Waals surface area contributed by atoms with Gasteiger partial charge in [-0.15, -0.1) is 24.2 Å². The molecule has 1 amide bonds. The molecule has 1 aliphatic rings. The Kier molecular flexibility index (Phi) is 5.44. The van der Waals surface area contributed by atoms with Crippen LogP contribution in [-0.4, -0.2) is 17.7 Å². The van der Waals surface area contributed by atoms with Gasteiger partial charge in [-0.3, -0.25) is 4.79 Å². The van der Waals surface area contributed by atoms with Gasteiger partial charge < -0.3 is 11.1 Å². The summed E-state index contributed by atoms with van der Waals surface area (Å²) in [5.41, 5.74) is 6.37. The molecule has 0 aliphatic carbocycles. The maximum absolute atomic E-state index is 13.2. The first kappa shape index (κ1) is 15.3. The van der Waals surface area contributed by atoms with Crippen LogP contribution in [0.15, 0.2) is 23.1 Å². The second-order valence-electron chi connectivity index (χ2n) is 4.17. The number of rotatable bonds is 2. The molecular weight excluding hydrogens is 275 g/mol. The van der Waals surface area contributed by atoms with Gasteiger partial charge in [-0.25, -0.2) is 4.39 Å². The fraction of sp³-hybridized carbons (Fsp3) is 0.417. The van der Waals surface area contributed by atoms with Gasteiger partial charge in [-0.1, -0.05) is 0 Å². The van der Waals surface area contributed by atoms with E-state index in [1.807, 2.05) is 0 Å². The van der Waals surface area contributed by atoms with Gasteiger partial charge in [-0.2, -0.15) is 0 Å². The quantitative estimate of drug-likeness (QED) is 0.878. The van der Waals surface area contributed by atoms with E-state index in [4.69, 9.17) is 5.73 Å². The molecule has 3 nitrogen and oxygen atoms in total. The maximum Gasteiger partial charge on any atom is 0.237 e. The second-order valence-corrected chi connectivity index (χ2v) is 5.31. The van der Waals surface area contributed by atoms with E-state index >= 15 is 0 Å². The van der Waals surface area contributed by atoms with Crippen molar-refractivity contribution in [2.24, 2.45) is 5.73 Å². The number of carbonyl (C=O) groups is 1. The Morgan fingerprint density at radius 3 is 3.00 bits per heavy atom. The number of thioether (sulfide) groups is 1. The molecule has 2 rings (SSSR count). The highest BCUT2D eigenvalue weighted by Gasteiger charge is 2.23. The number of hydrogen-bond donors (Lipinski definition) is 2. The molecule has 0 bridgehead atoms. The maximum atomic E-state index is 13.2. The van der Waals surface area contributed by atoms with Crippen LogP contribution in [0.3, 0.4) is 0 Å². The molecule has 1 aliphatic heterocycles. The Bertz CT molecular complexity index is 442. The molecule has 1 unspecified atom stereocenters. The average Bonchev–Trinajstić information content (AvgIpc) is 2.29.